The van der Waals surface area contributed by atoms with Gasteiger partial charge in [0.1, 0.15) is 0 Å². The van der Waals surface area contributed by atoms with Crippen LogP contribution >= 0.6 is 12.2 Å². The maximum Gasteiger partial charge on any atom is 0.170 e. The van der Waals surface area contributed by atoms with E-state index in [0.717, 1.165) is 18.8 Å². The Labute approximate surface area is 196 Å². The lowest BCUT2D eigenvalue weighted by molar-refractivity contribution is 0.0303. The topological polar surface area (TPSA) is 68.9 Å². The highest BCUT2D eigenvalue weighted by Gasteiger charge is 2.42. The van der Waals surface area contributed by atoms with Gasteiger partial charge in [0.05, 0.1) is 17.3 Å². The first kappa shape index (κ1) is 21.4. The molecule has 1 aliphatic carbocycles. The van der Waals surface area contributed by atoms with E-state index in [2.05, 4.69) is 39.4 Å². The molecule has 2 bridgehead atoms. The number of nitrogens with zero attached hydrogens (tertiary/aromatic N) is 4. The van der Waals surface area contributed by atoms with E-state index >= 15 is 0 Å². The van der Waals surface area contributed by atoms with Gasteiger partial charge in [0, 0.05) is 49.4 Å². The predicted octanol–water partition coefficient (Wildman–Crippen LogP) is 4.11. The summed E-state index contributed by atoms with van der Waals surface area (Å²) < 4.78 is 2.17. The molecule has 0 spiro atoms. The van der Waals surface area contributed by atoms with Crippen LogP contribution in [0, 0.1) is 17.2 Å². The van der Waals surface area contributed by atoms with Crippen molar-refractivity contribution in [3.05, 3.63) is 47.3 Å². The standard InChI is InChI=1S/C25H32N6S/c1-30-24(13-23(29-30)18-6-2-3-7-18)22-16-31-10-9-19(22)12-21(31)15-27-25(32)28-20-8-4-5-17(11-20)14-26/h4-5,8,11,13,18-19,21-22H,2-3,6-7,9-10,12,15-16H2,1H3,(H2,27,28,32). The molecule has 1 aromatic carbocycles. The second kappa shape index (κ2) is 9.21. The lowest BCUT2D eigenvalue weighted by Gasteiger charge is -2.50. The van der Waals surface area contributed by atoms with Crippen LogP contribution in [0.15, 0.2) is 30.3 Å². The van der Waals surface area contributed by atoms with Crippen molar-refractivity contribution in [2.24, 2.45) is 13.0 Å². The summed E-state index contributed by atoms with van der Waals surface area (Å²) in [5.41, 5.74) is 4.24. The van der Waals surface area contributed by atoms with E-state index in [9.17, 15) is 0 Å². The molecule has 4 fully saturated rings. The second-order valence-electron chi connectivity index (χ2n) is 9.67. The van der Waals surface area contributed by atoms with Crippen molar-refractivity contribution in [1.29, 1.82) is 5.26 Å². The number of anilines is 1. The van der Waals surface area contributed by atoms with Crippen molar-refractivity contribution in [3.63, 3.8) is 0 Å². The number of nitriles is 1. The van der Waals surface area contributed by atoms with Gasteiger partial charge in [-0.05, 0) is 74.6 Å². The quantitative estimate of drug-likeness (QED) is 0.671. The molecule has 32 heavy (non-hydrogen) atoms. The molecule has 0 radical (unpaired) electrons. The molecule has 1 saturated carbocycles. The summed E-state index contributed by atoms with van der Waals surface area (Å²) in [6, 6.07) is 12.5. The third kappa shape index (κ3) is 4.39. The third-order valence-corrected chi connectivity index (χ3v) is 7.96. The molecular weight excluding hydrogens is 416 g/mol. The van der Waals surface area contributed by atoms with Crippen molar-refractivity contribution in [3.8, 4) is 6.07 Å². The zero-order valence-corrected chi connectivity index (χ0v) is 19.6. The Morgan fingerprint density at radius 2 is 2.09 bits per heavy atom. The van der Waals surface area contributed by atoms with Gasteiger partial charge in [-0.3, -0.25) is 9.58 Å². The summed E-state index contributed by atoms with van der Waals surface area (Å²) in [4.78, 5) is 2.64. The van der Waals surface area contributed by atoms with E-state index in [-0.39, 0.29) is 0 Å². The number of aryl methyl sites for hydroxylation is 1. The number of rotatable bonds is 5. The molecule has 7 heteroatoms. The molecule has 0 amide bonds. The van der Waals surface area contributed by atoms with Crippen molar-refractivity contribution >= 4 is 23.0 Å². The fraction of sp³-hybridized carbons (Fsp3) is 0.560. The van der Waals surface area contributed by atoms with Gasteiger partial charge in [-0.15, -0.1) is 0 Å². The van der Waals surface area contributed by atoms with E-state index in [0.29, 0.717) is 34.5 Å². The fourth-order valence-corrected chi connectivity index (χ4v) is 6.21. The van der Waals surface area contributed by atoms with E-state index in [1.165, 1.54) is 56.5 Å². The number of nitrogens with one attached hydrogen (secondary N) is 2. The highest BCUT2D eigenvalue weighted by atomic mass is 32.1. The number of hydrogen-bond acceptors (Lipinski definition) is 4. The van der Waals surface area contributed by atoms with Gasteiger partial charge >= 0.3 is 0 Å². The van der Waals surface area contributed by atoms with Crippen LogP contribution in [0.25, 0.3) is 0 Å². The SMILES string of the molecule is Cn1nc(C2CCCC2)cc1C1CN2CCC1CC2CNC(=S)Nc1cccc(C#N)c1. The van der Waals surface area contributed by atoms with Crippen LogP contribution in [0.5, 0.6) is 0 Å². The van der Waals surface area contributed by atoms with Crippen molar-refractivity contribution in [1.82, 2.24) is 20.0 Å². The molecule has 4 atom stereocenters. The monoisotopic (exact) mass is 448 g/mol. The first-order chi connectivity index (χ1) is 15.6. The summed E-state index contributed by atoms with van der Waals surface area (Å²) in [7, 11) is 2.13. The zero-order chi connectivity index (χ0) is 22.1. The van der Waals surface area contributed by atoms with E-state index in [1.807, 2.05) is 18.2 Å². The average molecular weight is 449 g/mol. The molecule has 6 nitrogen and oxygen atoms in total. The summed E-state index contributed by atoms with van der Waals surface area (Å²) in [5.74, 6) is 1.98. The lowest BCUT2D eigenvalue weighted by atomic mass is 9.74. The molecule has 1 aromatic heterocycles. The zero-order valence-electron chi connectivity index (χ0n) is 18.8. The van der Waals surface area contributed by atoms with Crippen molar-refractivity contribution in [2.45, 2.75) is 56.4 Å². The van der Waals surface area contributed by atoms with Crippen LogP contribution < -0.4 is 10.6 Å². The number of piperidine rings is 3. The Morgan fingerprint density at radius 3 is 2.84 bits per heavy atom. The van der Waals surface area contributed by atoms with Crippen LogP contribution in [-0.4, -0.2) is 45.5 Å². The maximum atomic E-state index is 9.07. The third-order valence-electron chi connectivity index (χ3n) is 7.71. The highest BCUT2D eigenvalue weighted by molar-refractivity contribution is 7.80. The normalized spacial score (nSPS) is 27.2. The number of hydrogen-bond donors (Lipinski definition) is 2. The van der Waals surface area contributed by atoms with E-state index < -0.39 is 0 Å². The average Bonchev–Trinajstić information content (AvgIpc) is 3.48. The Kier molecular flexibility index (Phi) is 6.16. The first-order valence-corrected chi connectivity index (χ1v) is 12.3. The molecule has 6 rings (SSSR count). The van der Waals surface area contributed by atoms with Gasteiger partial charge < -0.3 is 10.6 Å². The second-order valence-corrected chi connectivity index (χ2v) is 10.1. The summed E-state index contributed by atoms with van der Waals surface area (Å²) >= 11 is 5.51. The largest absolute Gasteiger partial charge is 0.361 e. The van der Waals surface area contributed by atoms with Crippen LogP contribution in [0.4, 0.5) is 5.69 Å². The molecule has 4 unspecified atom stereocenters. The Bertz CT molecular complexity index is 1020. The van der Waals surface area contributed by atoms with Gasteiger partial charge in [-0.25, -0.2) is 0 Å². The number of fused-ring (bicyclic) bond motifs is 3. The Hall–Kier alpha value is -2.43. The van der Waals surface area contributed by atoms with E-state index in [4.69, 9.17) is 22.6 Å². The smallest absolute Gasteiger partial charge is 0.170 e. The fourth-order valence-electron chi connectivity index (χ4n) is 6.01. The Morgan fingerprint density at radius 1 is 1.25 bits per heavy atom. The van der Waals surface area contributed by atoms with Crippen LogP contribution in [0.1, 0.15) is 67.3 Å². The molecular formula is C25H32N6S. The molecule has 4 heterocycles. The molecule has 3 saturated heterocycles. The minimum Gasteiger partial charge on any atom is -0.361 e. The van der Waals surface area contributed by atoms with Gasteiger partial charge in [0.25, 0.3) is 0 Å². The van der Waals surface area contributed by atoms with Crippen molar-refractivity contribution < 1.29 is 0 Å². The summed E-state index contributed by atoms with van der Waals surface area (Å²) in [5, 5.41) is 21.2. The summed E-state index contributed by atoms with van der Waals surface area (Å²) in [6.45, 7) is 3.14. The lowest BCUT2D eigenvalue weighted by Crippen LogP contribution is -2.56. The predicted molar refractivity (Wildman–Crippen MR) is 131 cm³/mol. The van der Waals surface area contributed by atoms with Gasteiger partial charge in [0.2, 0.25) is 0 Å². The number of aromatic nitrogens is 2. The van der Waals surface area contributed by atoms with Crippen molar-refractivity contribution in [2.75, 3.05) is 25.0 Å². The van der Waals surface area contributed by atoms with Crippen LogP contribution in [0.2, 0.25) is 0 Å². The van der Waals surface area contributed by atoms with Gasteiger partial charge in [0.15, 0.2) is 5.11 Å². The Balaban J connectivity index is 1.18. The molecule has 4 aliphatic rings. The molecule has 2 N–H and O–H groups in total. The van der Waals surface area contributed by atoms with Gasteiger partial charge in [-0.1, -0.05) is 18.9 Å². The minimum absolute atomic E-state index is 0.512. The minimum atomic E-state index is 0.512. The van der Waals surface area contributed by atoms with Gasteiger partial charge in [-0.2, -0.15) is 10.4 Å². The first-order valence-electron chi connectivity index (χ1n) is 11.9. The molecule has 168 valence electrons. The maximum absolute atomic E-state index is 9.07. The van der Waals surface area contributed by atoms with E-state index in [1.54, 1.807) is 6.07 Å². The molecule has 2 aromatic rings. The number of benzene rings is 1. The van der Waals surface area contributed by atoms with Crippen LogP contribution in [0.3, 0.4) is 0 Å². The summed E-state index contributed by atoms with van der Waals surface area (Å²) in [6.07, 6.45) is 7.79. The number of thiocarbonyl (C=S) groups is 1. The molecule has 3 aliphatic heterocycles. The van der Waals surface area contributed by atoms with Crippen LogP contribution in [-0.2, 0) is 7.05 Å². The highest BCUT2D eigenvalue weighted by Crippen LogP contribution is 2.43.